The Labute approximate surface area is 167 Å². The van der Waals surface area contributed by atoms with Crippen LogP contribution in [-0.4, -0.2) is 55.7 Å². The lowest BCUT2D eigenvalue weighted by Crippen LogP contribution is -2.44. The zero-order valence-corrected chi connectivity index (χ0v) is 16.3. The fraction of sp³-hybridized carbons (Fsp3) is 0.714. The van der Waals surface area contributed by atoms with Crippen LogP contribution in [0.2, 0.25) is 0 Å². The second kappa shape index (κ2) is 8.36. The number of hydrogen-bond donors (Lipinski definition) is 0. The highest BCUT2D eigenvalue weighted by molar-refractivity contribution is 5.13. The van der Waals surface area contributed by atoms with Crippen molar-refractivity contribution in [3.63, 3.8) is 0 Å². The van der Waals surface area contributed by atoms with Gasteiger partial charge in [-0.1, -0.05) is 37.8 Å². The molecule has 3 saturated heterocycles. The summed E-state index contributed by atoms with van der Waals surface area (Å²) in [7, 11) is 0. The molecule has 3 heterocycles. The van der Waals surface area contributed by atoms with Gasteiger partial charge in [0.15, 0.2) is 17.9 Å². The van der Waals surface area contributed by atoms with Gasteiger partial charge in [0.2, 0.25) is 0 Å². The molecular formula is C21H32O7. The van der Waals surface area contributed by atoms with Crippen molar-refractivity contribution in [2.75, 3.05) is 13.4 Å². The van der Waals surface area contributed by atoms with E-state index in [2.05, 4.69) is 0 Å². The molecule has 7 heteroatoms. The molecule has 3 aliphatic heterocycles. The highest BCUT2D eigenvalue weighted by Crippen LogP contribution is 2.41. The van der Waals surface area contributed by atoms with Crippen LogP contribution < -0.4 is 0 Å². The highest BCUT2D eigenvalue weighted by atomic mass is 16.9. The molecule has 0 aliphatic carbocycles. The van der Waals surface area contributed by atoms with E-state index in [9.17, 15) is 0 Å². The van der Waals surface area contributed by atoms with Gasteiger partial charge in [-0.2, -0.15) is 0 Å². The summed E-state index contributed by atoms with van der Waals surface area (Å²) in [6.45, 7) is 8.55. The first kappa shape index (κ1) is 21.6. The minimum Gasteiger partial charge on any atom is -0.351 e. The number of hydrogen-bond acceptors (Lipinski definition) is 7. The molecule has 158 valence electrons. The molecule has 3 aliphatic rings. The summed E-state index contributed by atoms with van der Waals surface area (Å²) >= 11 is 0. The van der Waals surface area contributed by atoms with E-state index in [1.165, 1.54) is 0 Å². The van der Waals surface area contributed by atoms with Crippen LogP contribution >= 0.6 is 0 Å². The predicted octanol–water partition coefficient (Wildman–Crippen LogP) is 3.21. The van der Waals surface area contributed by atoms with Crippen molar-refractivity contribution < 1.29 is 33.2 Å². The van der Waals surface area contributed by atoms with Crippen LogP contribution in [0.1, 0.15) is 40.7 Å². The van der Waals surface area contributed by atoms with Gasteiger partial charge >= 0.3 is 0 Å². The number of fused-ring (bicyclic) bond motifs is 1. The van der Waals surface area contributed by atoms with Gasteiger partial charge in [-0.05, 0) is 33.3 Å². The fourth-order valence-electron chi connectivity index (χ4n) is 3.73. The molecule has 4 rings (SSSR count). The summed E-state index contributed by atoms with van der Waals surface area (Å²) in [6, 6.07) is 9.97. The summed E-state index contributed by atoms with van der Waals surface area (Å²) < 4.78 is 41.4. The van der Waals surface area contributed by atoms with Crippen LogP contribution in [-0.2, 0) is 39.8 Å². The van der Waals surface area contributed by atoms with Crippen LogP contribution in [0, 0.1) is 0 Å². The zero-order chi connectivity index (χ0) is 19.1. The maximum Gasteiger partial charge on any atom is 0.190 e. The lowest BCUT2D eigenvalue weighted by molar-refractivity contribution is -0.242. The summed E-state index contributed by atoms with van der Waals surface area (Å²) in [4.78, 5) is 0. The maximum absolute atomic E-state index is 6.09. The van der Waals surface area contributed by atoms with Gasteiger partial charge in [-0.25, -0.2) is 0 Å². The molecule has 0 radical (unpaired) electrons. The first-order valence-corrected chi connectivity index (χ1v) is 9.39. The Morgan fingerprint density at radius 1 is 0.964 bits per heavy atom. The monoisotopic (exact) mass is 396 g/mol. The molecule has 0 aromatic heterocycles. The summed E-state index contributed by atoms with van der Waals surface area (Å²) in [6.07, 6.45) is -1.79. The second-order valence-electron chi connectivity index (χ2n) is 8.02. The molecule has 0 bridgehead atoms. The molecular weight excluding hydrogens is 364 g/mol. The third-order valence-electron chi connectivity index (χ3n) is 4.88. The topological polar surface area (TPSA) is 64.6 Å². The van der Waals surface area contributed by atoms with Crippen LogP contribution in [0.15, 0.2) is 30.3 Å². The number of rotatable bonds is 6. The summed E-state index contributed by atoms with van der Waals surface area (Å²) in [5.41, 5.74) is 1.09. The van der Waals surface area contributed by atoms with Gasteiger partial charge in [0.05, 0.1) is 13.2 Å². The van der Waals surface area contributed by atoms with Crippen molar-refractivity contribution in [3.05, 3.63) is 35.9 Å². The lowest BCUT2D eigenvalue weighted by atomic mass is 10.1. The summed E-state index contributed by atoms with van der Waals surface area (Å²) in [5, 5.41) is 0. The zero-order valence-electron chi connectivity index (χ0n) is 16.3. The van der Waals surface area contributed by atoms with E-state index in [4.69, 9.17) is 33.2 Å². The Balaban J connectivity index is 0.00000225. The molecule has 7 nitrogen and oxygen atoms in total. The summed E-state index contributed by atoms with van der Waals surface area (Å²) in [5.74, 6) is -1.35. The molecule has 5 atom stereocenters. The molecule has 2 unspecified atom stereocenters. The molecule has 0 N–H and O–H groups in total. The molecule has 28 heavy (non-hydrogen) atoms. The van der Waals surface area contributed by atoms with Crippen molar-refractivity contribution in [3.8, 4) is 0 Å². The third-order valence-corrected chi connectivity index (χ3v) is 4.88. The minimum absolute atomic E-state index is 0. The van der Waals surface area contributed by atoms with E-state index in [1.807, 2.05) is 58.0 Å². The average Bonchev–Trinajstić information content (AvgIpc) is 3.22. The molecule has 0 spiro atoms. The molecule has 1 aromatic carbocycles. The Kier molecular flexibility index (Phi) is 6.46. The third kappa shape index (κ3) is 4.74. The van der Waals surface area contributed by atoms with Crippen molar-refractivity contribution in [2.24, 2.45) is 0 Å². The number of benzene rings is 1. The Hall–Kier alpha value is -1.06. The van der Waals surface area contributed by atoms with E-state index < -0.39 is 17.9 Å². The van der Waals surface area contributed by atoms with E-state index in [1.54, 1.807) is 0 Å². The first-order chi connectivity index (χ1) is 12.8. The van der Waals surface area contributed by atoms with E-state index in [0.29, 0.717) is 13.2 Å². The molecule has 0 saturated carbocycles. The lowest BCUT2D eigenvalue weighted by Gasteiger charge is -2.28. The predicted molar refractivity (Wildman–Crippen MR) is 101 cm³/mol. The van der Waals surface area contributed by atoms with Gasteiger partial charge in [-0.3, -0.25) is 0 Å². The van der Waals surface area contributed by atoms with Gasteiger partial charge in [-0.15, -0.1) is 0 Å². The fourth-order valence-corrected chi connectivity index (χ4v) is 3.73. The number of ether oxygens (including phenoxy) is 7. The van der Waals surface area contributed by atoms with Crippen molar-refractivity contribution in [2.45, 2.75) is 84.0 Å². The first-order valence-electron chi connectivity index (χ1n) is 9.39. The van der Waals surface area contributed by atoms with Crippen LogP contribution in [0.3, 0.4) is 0 Å². The second-order valence-corrected chi connectivity index (χ2v) is 8.02. The minimum atomic E-state index is -0.709. The Bertz CT molecular complexity index is 633. The van der Waals surface area contributed by atoms with Crippen LogP contribution in [0.4, 0.5) is 0 Å². The quantitative estimate of drug-likeness (QED) is 0.540. The normalized spacial score (nSPS) is 35.5. The van der Waals surface area contributed by atoms with Gasteiger partial charge in [0.1, 0.15) is 31.2 Å². The largest absolute Gasteiger partial charge is 0.351 e. The van der Waals surface area contributed by atoms with Crippen LogP contribution in [0.5, 0.6) is 0 Å². The maximum atomic E-state index is 6.09. The Morgan fingerprint density at radius 3 is 2.39 bits per heavy atom. The average molecular weight is 396 g/mol. The molecule has 3 fully saturated rings. The van der Waals surface area contributed by atoms with Gasteiger partial charge in [0, 0.05) is 0 Å². The van der Waals surface area contributed by atoms with Crippen molar-refractivity contribution in [1.29, 1.82) is 0 Å². The van der Waals surface area contributed by atoms with E-state index >= 15 is 0 Å². The smallest absolute Gasteiger partial charge is 0.190 e. The van der Waals surface area contributed by atoms with Crippen molar-refractivity contribution in [1.82, 2.24) is 0 Å². The Morgan fingerprint density at radius 2 is 1.71 bits per heavy atom. The van der Waals surface area contributed by atoms with Gasteiger partial charge < -0.3 is 33.2 Å². The van der Waals surface area contributed by atoms with Crippen molar-refractivity contribution >= 4 is 0 Å². The van der Waals surface area contributed by atoms with E-state index in [-0.39, 0.29) is 38.6 Å². The van der Waals surface area contributed by atoms with E-state index in [0.717, 1.165) is 5.56 Å². The van der Waals surface area contributed by atoms with Gasteiger partial charge in [0.25, 0.3) is 0 Å². The standard InChI is InChI=1S/C20H28O7.CH4/c1-19(2)23-11-14(25-19)15-16(17-18(24-15)27-20(3,4)26-17)22-12-21-10-13-8-6-5-7-9-13;/h5-9,14-18H,10-12H2,1-4H3;1H4/t14?,15-,16-,17?,18-;/m1./s1. The van der Waals surface area contributed by atoms with Crippen LogP contribution in [0.25, 0.3) is 0 Å². The highest BCUT2D eigenvalue weighted by Gasteiger charge is 2.58. The molecule has 1 aromatic rings. The molecule has 0 amide bonds. The SMILES string of the molecule is C.CC1(C)OCC([C@H]2O[C@@H]3OC(C)(C)OC3[C@@H]2OCOCc2ccccc2)O1.